The summed E-state index contributed by atoms with van der Waals surface area (Å²) in [6, 6.07) is 0.559. The molecule has 0 unspecified atom stereocenters. The number of rotatable bonds is 5. The molecule has 0 aromatic carbocycles. The Balaban J connectivity index is 1.62. The van der Waals surface area contributed by atoms with Crippen LogP contribution in [0.25, 0.3) is 0 Å². The summed E-state index contributed by atoms with van der Waals surface area (Å²) in [6.07, 6.45) is 11.3. The van der Waals surface area contributed by atoms with E-state index in [0.717, 1.165) is 25.3 Å². The molecule has 0 aliphatic heterocycles. The summed E-state index contributed by atoms with van der Waals surface area (Å²) in [7, 11) is 0. The smallest absolute Gasteiger partial charge is 0.230 e. The van der Waals surface area contributed by atoms with Crippen LogP contribution in [0.4, 0.5) is 0 Å². The highest BCUT2D eigenvalue weighted by atomic mass is 16.2. The fourth-order valence-corrected chi connectivity index (χ4v) is 3.39. The van der Waals surface area contributed by atoms with E-state index in [9.17, 15) is 4.79 Å². The van der Waals surface area contributed by atoms with Crippen molar-refractivity contribution in [3.8, 4) is 0 Å². The molecule has 3 nitrogen and oxygen atoms in total. The number of nitrogens with zero attached hydrogens (tertiary/aromatic N) is 1. The van der Waals surface area contributed by atoms with Gasteiger partial charge >= 0.3 is 0 Å². The first kappa shape index (κ1) is 12.5. The molecule has 3 heteroatoms. The van der Waals surface area contributed by atoms with Crippen molar-refractivity contribution in [2.45, 2.75) is 63.8 Å². The highest BCUT2D eigenvalue weighted by Gasteiger charge is 2.52. The number of nitrogens with two attached hydrogens (primary N) is 1. The Morgan fingerprint density at radius 1 is 1.11 bits per heavy atom. The second-order valence-electron chi connectivity index (χ2n) is 6.68. The molecular weight excluding hydrogens is 224 g/mol. The van der Waals surface area contributed by atoms with E-state index in [4.69, 9.17) is 5.73 Å². The maximum atomic E-state index is 12.7. The third kappa shape index (κ3) is 2.42. The predicted molar refractivity (Wildman–Crippen MR) is 72.0 cm³/mol. The van der Waals surface area contributed by atoms with Crippen LogP contribution in [-0.2, 0) is 4.79 Å². The van der Waals surface area contributed by atoms with Crippen molar-refractivity contribution in [2.75, 3.05) is 13.1 Å². The van der Waals surface area contributed by atoms with E-state index >= 15 is 0 Å². The summed E-state index contributed by atoms with van der Waals surface area (Å²) >= 11 is 0. The van der Waals surface area contributed by atoms with Gasteiger partial charge in [-0.3, -0.25) is 4.79 Å². The van der Waals surface area contributed by atoms with Gasteiger partial charge in [-0.25, -0.2) is 0 Å². The Hall–Kier alpha value is -0.570. The first-order chi connectivity index (χ1) is 8.75. The second kappa shape index (κ2) is 4.84. The monoisotopic (exact) mass is 250 g/mol. The zero-order chi connectivity index (χ0) is 12.6. The Bertz CT molecular complexity index is 314. The van der Waals surface area contributed by atoms with Crippen molar-refractivity contribution >= 4 is 5.91 Å². The Kier molecular flexibility index (Phi) is 3.35. The fourth-order valence-electron chi connectivity index (χ4n) is 3.39. The summed E-state index contributed by atoms with van der Waals surface area (Å²) < 4.78 is 0. The fraction of sp³-hybridized carbons (Fsp3) is 0.933. The summed E-state index contributed by atoms with van der Waals surface area (Å²) in [6.45, 7) is 1.57. The Morgan fingerprint density at radius 2 is 1.78 bits per heavy atom. The molecule has 0 atom stereocenters. The average Bonchev–Trinajstić information content (AvgIpc) is 3.30. The molecule has 0 heterocycles. The van der Waals surface area contributed by atoms with Gasteiger partial charge in [-0.2, -0.15) is 0 Å². The van der Waals surface area contributed by atoms with Crippen LogP contribution in [0.3, 0.4) is 0 Å². The third-order valence-corrected chi connectivity index (χ3v) is 5.13. The lowest BCUT2D eigenvalue weighted by Gasteiger charge is -2.32. The molecule has 18 heavy (non-hydrogen) atoms. The summed E-state index contributed by atoms with van der Waals surface area (Å²) in [5.41, 5.74) is 5.67. The van der Waals surface area contributed by atoms with E-state index in [0.29, 0.717) is 18.5 Å². The maximum absolute atomic E-state index is 12.7. The van der Waals surface area contributed by atoms with Crippen LogP contribution in [0.15, 0.2) is 0 Å². The molecule has 0 aromatic heterocycles. The average molecular weight is 250 g/mol. The van der Waals surface area contributed by atoms with Gasteiger partial charge in [0.1, 0.15) is 0 Å². The van der Waals surface area contributed by atoms with Gasteiger partial charge in [-0.1, -0.05) is 19.3 Å². The van der Waals surface area contributed by atoms with Crippen LogP contribution in [0.1, 0.15) is 57.8 Å². The molecule has 2 N–H and O–H groups in total. The lowest BCUT2D eigenvalue weighted by molar-refractivity contribution is -0.138. The molecule has 3 saturated carbocycles. The van der Waals surface area contributed by atoms with Gasteiger partial charge in [0.15, 0.2) is 0 Å². The predicted octanol–water partition coefficient (Wildman–Crippen LogP) is 2.30. The van der Waals surface area contributed by atoms with Crippen molar-refractivity contribution in [1.82, 2.24) is 4.90 Å². The SMILES string of the molecule is NCC1(C(=O)N(CC2CCCCC2)C2CC2)CC1. The topological polar surface area (TPSA) is 46.3 Å². The molecular formula is C15H26N2O. The number of amides is 1. The first-order valence-electron chi connectivity index (χ1n) is 7.76. The number of carbonyl (C=O) groups excluding carboxylic acids is 1. The first-order valence-corrected chi connectivity index (χ1v) is 7.76. The second-order valence-corrected chi connectivity index (χ2v) is 6.68. The largest absolute Gasteiger partial charge is 0.339 e. The summed E-state index contributed by atoms with van der Waals surface area (Å²) in [4.78, 5) is 14.9. The van der Waals surface area contributed by atoms with Crippen LogP contribution in [0.5, 0.6) is 0 Å². The maximum Gasteiger partial charge on any atom is 0.230 e. The van der Waals surface area contributed by atoms with E-state index in [1.54, 1.807) is 0 Å². The standard InChI is InChI=1S/C15H26N2O/c16-11-15(8-9-15)14(18)17(13-6-7-13)10-12-4-2-1-3-5-12/h12-13H,1-11,16H2. The normalized spacial score (nSPS) is 26.9. The Labute approximate surface area is 110 Å². The molecule has 3 aliphatic rings. The van der Waals surface area contributed by atoms with Crippen LogP contribution in [-0.4, -0.2) is 29.9 Å². The molecule has 102 valence electrons. The number of hydrogen-bond donors (Lipinski definition) is 1. The lowest BCUT2D eigenvalue weighted by Crippen LogP contribution is -2.44. The van der Waals surface area contributed by atoms with Crippen molar-refractivity contribution in [1.29, 1.82) is 0 Å². The van der Waals surface area contributed by atoms with Crippen molar-refractivity contribution in [3.05, 3.63) is 0 Å². The molecule has 3 rings (SSSR count). The summed E-state index contributed by atoms with van der Waals surface area (Å²) in [5, 5.41) is 0. The van der Waals surface area contributed by atoms with E-state index in [-0.39, 0.29) is 5.41 Å². The van der Waals surface area contributed by atoms with Crippen LogP contribution in [0.2, 0.25) is 0 Å². The van der Waals surface area contributed by atoms with Gasteiger partial charge in [-0.05, 0) is 44.4 Å². The van der Waals surface area contributed by atoms with Crippen LogP contribution < -0.4 is 5.73 Å². The van der Waals surface area contributed by atoms with Gasteiger partial charge in [0.05, 0.1) is 5.41 Å². The van der Waals surface area contributed by atoms with E-state index in [2.05, 4.69) is 4.90 Å². The zero-order valence-corrected chi connectivity index (χ0v) is 11.4. The number of hydrogen-bond acceptors (Lipinski definition) is 2. The molecule has 0 aromatic rings. The van der Waals surface area contributed by atoms with E-state index in [1.165, 1.54) is 44.9 Å². The molecule has 3 aliphatic carbocycles. The van der Waals surface area contributed by atoms with Crippen LogP contribution in [0, 0.1) is 11.3 Å². The van der Waals surface area contributed by atoms with E-state index < -0.39 is 0 Å². The molecule has 1 amide bonds. The van der Waals surface area contributed by atoms with Crippen molar-refractivity contribution in [2.24, 2.45) is 17.1 Å². The Morgan fingerprint density at radius 3 is 2.28 bits per heavy atom. The highest BCUT2D eigenvalue weighted by Crippen LogP contribution is 2.48. The zero-order valence-electron chi connectivity index (χ0n) is 11.4. The van der Waals surface area contributed by atoms with Gasteiger partial charge in [0.2, 0.25) is 5.91 Å². The van der Waals surface area contributed by atoms with Gasteiger partial charge in [0.25, 0.3) is 0 Å². The minimum Gasteiger partial charge on any atom is -0.339 e. The van der Waals surface area contributed by atoms with Gasteiger partial charge < -0.3 is 10.6 Å². The van der Waals surface area contributed by atoms with Crippen molar-refractivity contribution < 1.29 is 4.79 Å². The molecule has 0 spiro atoms. The number of carbonyl (C=O) groups is 1. The minimum absolute atomic E-state index is 0.142. The molecule has 0 bridgehead atoms. The van der Waals surface area contributed by atoms with Gasteiger partial charge in [-0.15, -0.1) is 0 Å². The van der Waals surface area contributed by atoms with Crippen molar-refractivity contribution in [3.63, 3.8) is 0 Å². The molecule has 3 fully saturated rings. The third-order valence-electron chi connectivity index (χ3n) is 5.13. The minimum atomic E-state index is -0.142. The molecule has 0 radical (unpaired) electrons. The lowest BCUT2D eigenvalue weighted by atomic mass is 9.88. The van der Waals surface area contributed by atoms with Crippen LogP contribution >= 0.6 is 0 Å². The molecule has 0 saturated heterocycles. The van der Waals surface area contributed by atoms with E-state index in [1.807, 2.05) is 0 Å². The highest BCUT2D eigenvalue weighted by molar-refractivity contribution is 5.86. The summed E-state index contributed by atoms with van der Waals surface area (Å²) in [5.74, 6) is 1.15. The quantitative estimate of drug-likeness (QED) is 0.814. The van der Waals surface area contributed by atoms with Gasteiger partial charge in [0, 0.05) is 19.1 Å².